The van der Waals surface area contributed by atoms with Gasteiger partial charge in [0.05, 0.1) is 13.2 Å². The number of hydrogen-bond donors (Lipinski definition) is 3. The van der Waals surface area contributed by atoms with Crippen LogP contribution in [-0.4, -0.2) is 72.8 Å². The summed E-state index contributed by atoms with van der Waals surface area (Å²) in [4.78, 5) is 17.6. The van der Waals surface area contributed by atoms with E-state index in [2.05, 4.69) is 15.0 Å². The molecule has 2 aromatic heterocycles. The van der Waals surface area contributed by atoms with Crippen LogP contribution in [0.1, 0.15) is 6.92 Å². The Bertz CT molecular complexity index is 650. The molecule has 3 heterocycles. The highest BCUT2D eigenvalue weighted by atomic mass is 16.8. The fraction of sp³-hybridized carbons (Fsp3) is 0.583. The van der Waals surface area contributed by atoms with Gasteiger partial charge in [0.1, 0.15) is 31.0 Å². The number of imidazole rings is 1. The van der Waals surface area contributed by atoms with Crippen molar-refractivity contribution in [2.45, 2.75) is 31.5 Å². The molecule has 4 atom stereocenters. The number of aliphatic hydroxyl groups excluding tert-OH is 3. The van der Waals surface area contributed by atoms with Crippen LogP contribution >= 0.6 is 0 Å². The summed E-state index contributed by atoms with van der Waals surface area (Å²) < 4.78 is 11.8. The Morgan fingerprint density at radius 3 is 2.77 bits per heavy atom. The van der Waals surface area contributed by atoms with Crippen LogP contribution in [0.2, 0.25) is 0 Å². The molecule has 2 aromatic rings. The van der Waals surface area contributed by atoms with Crippen LogP contribution in [0, 0.1) is 0 Å². The van der Waals surface area contributed by atoms with Crippen molar-refractivity contribution in [3.8, 4) is 5.88 Å². The quantitative estimate of drug-likeness (QED) is 0.578. The Hall–Kier alpha value is -2.01. The number of fused-ring (bicyclic) bond motifs is 1. The highest BCUT2D eigenvalue weighted by molar-refractivity contribution is 5.75. The lowest BCUT2D eigenvalue weighted by molar-refractivity contribution is -0.169. The van der Waals surface area contributed by atoms with Crippen LogP contribution in [0.25, 0.3) is 11.2 Å². The highest BCUT2D eigenvalue weighted by Crippen LogP contribution is 2.23. The molecular weight excluding hydrogens is 296 g/mol. The zero-order valence-electron chi connectivity index (χ0n) is 11.7. The predicted molar refractivity (Wildman–Crippen MR) is 70.8 cm³/mol. The van der Waals surface area contributed by atoms with Gasteiger partial charge < -0.3 is 29.6 Å². The Balaban J connectivity index is 1.84. The Kier molecular flexibility index (Phi) is 4.07. The van der Waals surface area contributed by atoms with E-state index in [-0.39, 0.29) is 0 Å². The molecule has 0 spiro atoms. The summed E-state index contributed by atoms with van der Waals surface area (Å²) in [6, 6.07) is 0. The summed E-state index contributed by atoms with van der Waals surface area (Å²) >= 11 is 0. The van der Waals surface area contributed by atoms with E-state index in [1.807, 2.05) is 6.92 Å². The molecular formula is C12H16N4O6. The maximum atomic E-state index is 9.87. The molecule has 0 bridgehead atoms. The van der Waals surface area contributed by atoms with E-state index in [1.165, 1.54) is 17.4 Å². The Morgan fingerprint density at radius 2 is 2.09 bits per heavy atom. The van der Waals surface area contributed by atoms with Crippen LogP contribution in [0.5, 0.6) is 5.88 Å². The lowest BCUT2D eigenvalue weighted by Gasteiger charge is -2.16. The normalized spacial score (nSPS) is 28.2. The fourth-order valence-corrected chi connectivity index (χ4v) is 2.18. The lowest BCUT2D eigenvalue weighted by atomic mass is 10.1. The third-order valence-corrected chi connectivity index (χ3v) is 3.27. The van der Waals surface area contributed by atoms with E-state index in [4.69, 9.17) is 19.4 Å². The average molecular weight is 312 g/mol. The molecule has 0 unspecified atom stereocenters. The molecule has 1 aliphatic heterocycles. The van der Waals surface area contributed by atoms with Gasteiger partial charge in [-0.2, -0.15) is 4.98 Å². The summed E-state index contributed by atoms with van der Waals surface area (Å²) in [5, 5.41) is 28.6. The van der Waals surface area contributed by atoms with Crippen LogP contribution in [0.3, 0.4) is 0 Å². The van der Waals surface area contributed by atoms with Gasteiger partial charge in [-0.15, -0.1) is 4.73 Å². The molecule has 10 heteroatoms. The van der Waals surface area contributed by atoms with E-state index in [9.17, 15) is 10.2 Å². The topological polar surface area (TPSA) is 132 Å². The Labute approximate surface area is 124 Å². The van der Waals surface area contributed by atoms with Gasteiger partial charge in [0.15, 0.2) is 5.52 Å². The maximum absolute atomic E-state index is 9.87. The largest absolute Gasteiger partial charge is 0.476 e. The van der Waals surface area contributed by atoms with Gasteiger partial charge in [0.25, 0.3) is 6.29 Å². The predicted octanol–water partition coefficient (Wildman–Crippen LogP) is -1.91. The minimum absolute atomic E-state index is 0.316. The SMILES string of the molecule is CCOc1ncnc2c1ncn2O[C@@H]1O[C@H](CO)[C@@H](O)[C@@H]1O. The van der Waals surface area contributed by atoms with Crippen LogP contribution in [-0.2, 0) is 4.74 Å². The van der Waals surface area contributed by atoms with Gasteiger partial charge in [-0.05, 0) is 6.92 Å². The van der Waals surface area contributed by atoms with Crippen molar-refractivity contribution in [1.82, 2.24) is 19.7 Å². The van der Waals surface area contributed by atoms with E-state index < -0.39 is 31.2 Å². The van der Waals surface area contributed by atoms with Gasteiger partial charge in [-0.3, -0.25) is 0 Å². The first kappa shape index (κ1) is 14.9. The van der Waals surface area contributed by atoms with Gasteiger partial charge in [0.2, 0.25) is 11.5 Å². The number of hydrogen-bond acceptors (Lipinski definition) is 9. The summed E-state index contributed by atoms with van der Waals surface area (Å²) in [7, 11) is 0. The molecule has 0 aromatic carbocycles. The lowest BCUT2D eigenvalue weighted by Crippen LogP contribution is -2.38. The van der Waals surface area contributed by atoms with Gasteiger partial charge in [0, 0.05) is 0 Å². The molecule has 120 valence electrons. The summed E-state index contributed by atoms with van der Waals surface area (Å²) in [6.45, 7) is 1.81. The first-order valence-corrected chi connectivity index (χ1v) is 6.76. The number of rotatable bonds is 5. The molecule has 1 aliphatic rings. The molecule has 0 aliphatic carbocycles. The molecule has 0 saturated carbocycles. The summed E-state index contributed by atoms with van der Waals surface area (Å²) in [5.74, 6) is 0.316. The van der Waals surface area contributed by atoms with E-state index in [0.29, 0.717) is 23.7 Å². The minimum atomic E-state index is -1.30. The second-order valence-corrected chi connectivity index (χ2v) is 4.67. The zero-order valence-corrected chi connectivity index (χ0v) is 11.7. The smallest absolute Gasteiger partial charge is 0.254 e. The average Bonchev–Trinajstić information content (AvgIpc) is 3.05. The van der Waals surface area contributed by atoms with Crippen molar-refractivity contribution in [1.29, 1.82) is 0 Å². The van der Waals surface area contributed by atoms with Crippen molar-refractivity contribution in [2.75, 3.05) is 13.2 Å². The molecule has 1 fully saturated rings. The Morgan fingerprint density at radius 1 is 1.27 bits per heavy atom. The molecule has 1 saturated heterocycles. The standard InChI is InChI=1S/C12H16N4O6/c1-2-20-11-7-10(13-4-14-11)16(5-15-7)22-12-9(19)8(18)6(3-17)21-12/h4-6,8-9,12,17-19H,2-3H2,1H3/t6-,8-,9+,12+/m1/s1. The van der Waals surface area contributed by atoms with Gasteiger partial charge >= 0.3 is 0 Å². The first-order valence-electron chi connectivity index (χ1n) is 6.76. The van der Waals surface area contributed by atoms with Crippen molar-refractivity contribution >= 4 is 11.2 Å². The number of aliphatic hydroxyl groups is 3. The highest BCUT2D eigenvalue weighted by Gasteiger charge is 2.44. The second-order valence-electron chi connectivity index (χ2n) is 4.67. The van der Waals surface area contributed by atoms with Crippen LogP contribution in [0.15, 0.2) is 12.7 Å². The molecule has 3 N–H and O–H groups in total. The van der Waals surface area contributed by atoms with E-state index in [0.717, 1.165) is 0 Å². The molecule has 3 rings (SSSR count). The van der Waals surface area contributed by atoms with E-state index >= 15 is 0 Å². The number of nitrogens with zero attached hydrogens (tertiary/aromatic N) is 4. The van der Waals surface area contributed by atoms with Gasteiger partial charge in [-0.1, -0.05) is 0 Å². The number of aromatic nitrogens is 4. The van der Waals surface area contributed by atoms with Crippen LogP contribution < -0.4 is 9.57 Å². The number of ether oxygens (including phenoxy) is 2. The first-order chi connectivity index (χ1) is 10.7. The minimum Gasteiger partial charge on any atom is -0.476 e. The summed E-state index contributed by atoms with van der Waals surface area (Å²) in [5.41, 5.74) is 0.729. The maximum Gasteiger partial charge on any atom is 0.254 e. The molecule has 10 nitrogen and oxygen atoms in total. The molecule has 22 heavy (non-hydrogen) atoms. The second kappa shape index (κ2) is 6.01. The van der Waals surface area contributed by atoms with Crippen molar-refractivity contribution in [3.63, 3.8) is 0 Å². The van der Waals surface area contributed by atoms with Crippen molar-refractivity contribution in [3.05, 3.63) is 12.7 Å². The van der Waals surface area contributed by atoms with Crippen molar-refractivity contribution < 1.29 is 29.6 Å². The van der Waals surface area contributed by atoms with Crippen LogP contribution in [0.4, 0.5) is 0 Å². The van der Waals surface area contributed by atoms with Gasteiger partial charge in [-0.25, -0.2) is 9.97 Å². The van der Waals surface area contributed by atoms with E-state index in [1.54, 1.807) is 0 Å². The van der Waals surface area contributed by atoms with Crippen molar-refractivity contribution in [2.24, 2.45) is 0 Å². The summed E-state index contributed by atoms with van der Waals surface area (Å²) in [6.07, 6.45) is -1.98. The third kappa shape index (κ3) is 2.46. The monoisotopic (exact) mass is 312 g/mol. The third-order valence-electron chi connectivity index (χ3n) is 3.27. The zero-order chi connectivity index (χ0) is 15.7. The molecule has 0 amide bonds. The fourth-order valence-electron chi connectivity index (χ4n) is 2.18. The molecule has 0 radical (unpaired) electrons.